The number of rotatable bonds is 17. The number of nitrogens with zero attached hydrogens (tertiary/aromatic N) is 3. The van der Waals surface area contributed by atoms with Gasteiger partial charge in [0.25, 0.3) is 0 Å². The zero-order valence-electron chi connectivity index (χ0n) is 32.5. The second kappa shape index (κ2) is 16.7. The van der Waals surface area contributed by atoms with Gasteiger partial charge >= 0.3 is 5.97 Å². The lowest BCUT2D eigenvalue weighted by Crippen LogP contribution is -2.53. The summed E-state index contributed by atoms with van der Waals surface area (Å²) < 4.78 is 6.07. The van der Waals surface area contributed by atoms with Crippen LogP contribution in [0.15, 0.2) is 11.6 Å². The number of carbonyl (C=O) groups excluding carboxylic acids is 2. The summed E-state index contributed by atoms with van der Waals surface area (Å²) in [6.45, 7) is 15.1. The zero-order valence-corrected chi connectivity index (χ0v) is 32.5. The van der Waals surface area contributed by atoms with E-state index in [9.17, 15) is 14.7 Å². The summed E-state index contributed by atoms with van der Waals surface area (Å²) in [5.41, 5.74) is 1.34. The average Bonchev–Trinajstić information content (AvgIpc) is 3.37. The first-order valence-electron chi connectivity index (χ1n) is 19.8. The van der Waals surface area contributed by atoms with E-state index >= 15 is 0 Å². The normalized spacial score (nSPS) is 32.8. The third kappa shape index (κ3) is 9.46. The van der Waals surface area contributed by atoms with Crippen LogP contribution >= 0.6 is 0 Å². The molecule has 4 rings (SSSR count). The summed E-state index contributed by atoms with van der Waals surface area (Å²) in [6, 6.07) is 0. The van der Waals surface area contributed by atoms with Crippen molar-refractivity contribution in [2.45, 2.75) is 143 Å². The Morgan fingerprint density at radius 2 is 1.58 bits per heavy atom. The predicted octanol–water partition coefficient (Wildman–Crippen LogP) is 7.57. The van der Waals surface area contributed by atoms with Crippen LogP contribution in [0.2, 0.25) is 0 Å². The maximum Gasteiger partial charge on any atom is 0.306 e. The van der Waals surface area contributed by atoms with Crippen LogP contribution in [0, 0.1) is 40.4 Å². The molecule has 48 heavy (non-hydrogen) atoms. The van der Waals surface area contributed by atoms with Gasteiger partial charge in [-0.2, -0.15) is 0 Å². The Labute approximate surface area is 294 Å². The maximum absolute atomic E-state index is 13.2. The molecule has 7 nitrogen and oxygen atoms in total. The third-order valence-corrected chi connectivity index (χ3v) is 13.5. The van der Waals surface area contributed by atoms with E-state index in [2.05, 4.69) is 78.7 Å². The Bertz CT molecular complexity index is 1090. The molecule has 0 spiro atoms. The van der Waals surface area contributed by atoms with E-state index in [1.165, 1.54) is 31.3 Å². The van der Waals surface area contributed by atoms with Crippen LogP contribution in [0.3, 0.4) is 0 Å². The summed E-state index contributed by atoms with van der Waals surface area (Å²) in [6.07, 6.45) is 16.8. The number of aliphatic hydroxyl groups is 1. The van der Waals surface area contributed by atoms with E-state index in [-0.39, 0.29) is 41.7 Å². The van der Waals surface area contributed by atoms with E-state index < -0.39 is 5.60 Å². The highest BCUT2D eigenvalue weighted by Crippen LogP contribution is 2.67. The topological polar surface area (TPSA) is 73.3 Å². The van der Waals surface area contributed by atoms with Crippen LogP contribution in [0.4, 0.5) is 0 Å². The Kier molecular flexibility index (Phi) is 13.7. The van der Waals surface area contributed by atoms with Crippen molar-refractivity contribution in [3.05, 3.63) is 11.6 Å². The molecule has 1 amide bonds. The van der Waals surface area contributed by atoms with Gasteiger partial charge in [-0.25, -0.2) is 0 Å². The SMILES string of the molecule is CC(C)CCCC(C)(O)C1CCC2C3CC=C4CC(OC(=O)CCC(=O)N(CCCN(C)C)CCCN(C)C)CCC4(C)C3CCC21C. The van der Waals surface area contributed by atoms with Crippen LogP contribution in [0.25, 0.3) is 0 Å². The number of allylic oxidation sites excluding steroid dienone is 1. The van der Waals surface area contributed by atoms with Gasteiger partial charge in [0.05, 0.1) is 12.0 Å². The zero-order chi connectivity index (χ0) is 35.3. The molecule has 7 heteroatoms. The monoisotopic (exact) mass is 672 g/mol. The van der Waals surface area contributed by atoms with E-state index in [0.29, 0.717) is 29.6 Å². The third-order valence-electron chi connectivity index (χ3n) is 13.5. The number of ether oxygens (including phenoxy) is 1. The average molecular weight is 672 g/mol. The van der Waals surface area contributed by atoms with E-state index in [1.54, 1.807) is 0 Å². The first-order chi connectivity index (χ1) is 22.6. The lowest BCUT2D eigenvalue weighted by Gasteiger charge is -2.59. The van der Waals surface area contributed by atoms with Crippen LogP contribution in [-0.2, 0) is 14.3 Å². The highest BCUT2D eigenvalue weighted by atomic mass is 16.5. The van der Waals surface area contributed by atoms with Gasteiger partial charge in [0.2, 0.25) is 5.91 Å². The van der Waals surface area contributed by atoms with Gasteiger partial charge in [0.15, 0.2) is 0 Å². The maximum atomic E-state index is 13.2. The number of esters is 1. The second-order valence-corrected chi connectivity index (χ2v) is 18.1. The molecular weight excluding hydrogens is 598 g/mol. The minimum Gasteiger partial charge on any atom is -0.462 e. The minimum absolute atomic E-state index is 0.0669. The van der Waals surface area contributed by atoms with Crippen molar-refractivity contribution in [1.29, 1.82) is 0 Å². The molecular formula is C41H73N3O4. The molecule has 0 aromatic rings. The number of amides is 1. The van der Waals surface area contributed by atoms with Crippen molar-refractivity contribution < 1.29 is 19.4 Å². The molecule has 8 unspecified atom stereocenters. The Hall–Kier alpha value is -1.44. The first kappa shape index (κ1) is 39.3. The fraction of sp³-hybridized carbons (Fsp3) is 0.902. The fourth-order valence-electron chi connectivity index (χ4n) is 10.9. The molecule has 0 aromatic heterocycles. The number of fused-ring (bicyclic) bond motifs is 5. The predicted molar refractivity (Wildman–Crippen MR) is 197 cm³/mol. The lowest BCUT2D eigenvalue weighted by molar-refractivity contribution is -0.153. The molecule has 0 radical (unpaired) electrons. The van der Waals surface area contributed by atoms with Crippen LogP contribution < -0.4 is 0 Å². The van der Waals surface area contributed by atoms with E-state index in [1.807, 2.05) is 4.90 Å². The lowest BCUT2D eigenvalue weighted by atomic mass is 9.46. The molecule has 3 saturated carbocycles. The van der Waals surface area contributed by atoms with Gasteiger partial charge in [0, 0.05) is 25.9 Å². The number of carbonyl (C=O) groups is 2. The molecule has 4 aliphatic carbocycles. The van der Waals surface area contributed by atoms with Gasteiger partial charge < -0.3 is 24.5 Å². The Balaban J connectivity index is 1.31. The van der Waals surface area contributed by atoms with Gasteiger partial charge in [-0.05, 0) is 153 Å². The molecule has 8 atom stereocenters. The van der Waals surface area contributed by atoms with Crippen LogP contribution in [0.1, 0.15) is 131 Å². The Morgan fingerprint density at radius 3 is 2.21 bits per heavy atom. The van der Waals surface area contributed by atoms with Crippen molar-refractivity contribution in [3.63, 3.8) is 0 Å². The summed E-state index contributed by atoms with van der Waals surface area (Å²) in [5, 5.41) is 11.8. The first-order valence-corrected chi connectivity index (χ1v) is 19.8. The minimum atomic E-state index is -0.576. The van der Waals surface area contributed by atoms with Crippen molar-refractivity contribution in [3.8, 4) is 0 Å². The molecule has 276 valence electrons. The number of hydrogen-bond donors (Lipinski definition) is 1. The highest BCUT2D eigenvalue weighted by Gasteiger charge is 2.61. The quantitative estimate of drug-likeness (QED) is 0.127. The smallest absolute Gasteiger partial charge is 0.306 e. The Morgan fingerprint density at radius 1 is 0.917 bits per heavy atom. The molecule has 4 aliphatic rings. The molecule has 0 saturated heterocycles. The van der Waals surface area contributed by atoms with E-state index in [0.717, 1.165) is 84.0 Å². The molecule has 0 bridgehead atoms. The summed E-state index contributed by atoms with van der Waals surface area (Å²) in [4.78, 5) is 32.5. The standard InChI is InChI=1S/C41H73N3O4/c1-30(2)13-10-22-41(5,47)36-17-16-34-33-15-14-31-29-32(20-23-39(31,3)35(33)21-24-40(34,36)4)48-38(46)19-18-37(45)44(27-11-25-42(6)7)28-12-26-43(8)9/h14,30,32-36,47H,10-13,15-29H2,1-9H3. The summed E-state index contributed by atoms with van der Waals surface area (Å²) in [7, 11) is 8.23. The summed E-state index contributed by atoms with van der Waals surface area (Å²) in [5.74, 6) is 2.99. The van der Waals surface area contributed by atoms with Gasteiger partial charge in [-0.3, -0.25) is 9.59 Å². The molecule has 0 heterocycles. The van der Waals surface area contributed by atoms with Gasteiger partial charge in [-0.1, -0.05) is 52.2 Å². The summed E-state index contributed by atoms with van der Waals surface area (Å²) >= 11 is 0. The van der Waals surface area contributed by atoms with Crippen molar-refractivity contribution in [2.24, 2.45) is 40.4 Å². The number of hydrogen-bond acceptors (Lipinski definition) is 6. The molecule has 1 N–H and O–H groups in total. The van der Waals surface area contributed by atoms with Crippen LogP contribution in [-0.4, -0.2) is 97.8 Å². The van der Waals surface area contributed by atoms with Crippen molar-refractivity contribution >= 4 is 11.9 Å². The molecule has 0 aromatic carbocycles. The van der Waals surface area contributed by atoms with Crippen molar-refractivity contribution in [2.75, 3.05) is 54.4 Å². The van der Waals surface area contributed by atoms with Crippen LogP contribution in [0.5, 0.6) is 0 Å². The van der Waals surface area contributed by atoms with Crippen molar-refractivity contribution in [1.82, 2.24) is 14.7 Å². The largest absolute Gasteiger partial charge is 0.462 e. The molecule has 0 aliphatic heterocycles. The second-order valence-electron chi connectivity index (χ2n) is 18.1. The van der Waals surface area contributed by atoms with E-state index in [4.69, 9.17) is 4.74 Å². The van der Waals surface area contributed by atoms with Gasteiger partial charge in [0.1, 0.15) is 6.10 Å². The molecule has 3 fully saturated rings. The highest BCUT2D eigenvalue weighted by molar-refractivity contribution is 5.81. The van der Waals surface area contributed by atoms with Gasteiger partial charge in [-0.15, -0.1) is 0 Å². The fourth-order valence-corrected chi connectivity index (χ4v) is 10.9.